The van der Waals surface area contributed by atoms with Crippen molar-refractivity contribution < 1.29 is 14.7 Å². The van der Waals surface area contributed by atoms with E-state index >= 15 is 0 Å². The lowest BCUT2D eigenvalue weighted by Gasteiger charge is -2.04. The van der Waals surface area contributed by atoms with Gasteiger partial charge in [0.2, 0.25) is 0 Å². The summed E-state index contributed by atoms with van der Waals surface area (Å²) in [5.74, 6) is -1.12. The smallest absolute Gasteiger partial charge is 0.339 e. The van der Waals surface area contributed by atoms with E-state index in [0.717, 1.165) is 0 Å². The lowest BCUT2D eigenvalue weighted by Crippen LogP contribution is -2.04. The molecule has 0 saturated carbocycles. The minimum Gasteiger partial charge on any atom is -0.478 e. The SMILES string of the molecule is CC(=O)c1ccc(-n2nc(C)c(C(=O)O)c2C)cn1. The van der Waals surface area contributed by atoms with Gasteiger partial charge in [0.15, 0.2) is 5.78 Å². The first-order valence-corrected chi connectivity index (χ1v) is 5.68. The van der Waals surface area contributed by atoms with Gasteiger partial charge in [-0.15, -0.1) is 0 Å². The summed E-state index contributed by atoms with van der Waals surface area (Å²) in [6.45, 7) is 4.76. The second kappa shape index (κ2) is 4.64. The third-order valence-electron chi connectivity index (χ3n) is 2.86. The average molecular weight is 259 g/mol. The number of Topliss-reactive ketones (excluding diaryl/α,β-unsaturated/α-hetero) is 1. The molecule has 0 unspecified atom stereocenters. The number of aryl methyl sites for hydroxylation is 1. The summed E-state index contributed by atoms with van der Waals surface area (Å²) >= 11 is 0. The van der Waals surface area contributed by atoms with Gasteiger partial charge in [0.25, 0.3) is 0 Å². The monoisotopic (exact) mass is 259 g/mol. The lowest BCUT2D eigenvalue weighted by molar-refractivity contribution is 0.0695. The molecule has 6 nitrogen and oxygen atoms in total. The highest BCUT2D eigenvalue weighted by atomic mass is 16.4. The molecule has 0 fully saturated rings. The molecule has 0 aliphatic carbocycles. The number of pyridine rings is 1. The number of aromatic nitrogens is 3. The molecule has 19 heavy (non-hydrogen) atoms. The highest BCUT2D eigenvalue weighted by Gasteiger charge is 2.18. The van der Waals surface area contributed by atoms with Crippen LogP contribution in [0.25, 0.3) is 5.69 Å². The van der Waals surface area contributed by atoms with Crippen molar-refractivity contribution in [2.24, 2.45) is 0 Å². The van der Waals surface area contributed by atoms with Crippen molar-refractivity contribution in [3.8, 4) is 5.69 Å². The van der Waals surface area contributed by atoms with Crippen LogP contribution < -0.4 is 0 Å². The van der Waals surface area contributed by atoms with Crippen LogP contribution in [0.2, 0.25) is 0 Å². The Morgan fingerprint density at radius 3 is 2.37 bits per heavy atom. The molecule has 0 aliphatic heterocycles. The zero-order chi connectivity index (χ0) is 14.2. The molecule has 0 saturated heterocycles. The Bertz CT molecular complexity index is 657. The number of rotatable bonds is 3. The van der Waals surface area contributed by atoms with E-state index in [1.807, 2.05) is 0 Å². The van der Waals surface area contributed by atoms with Crippen LogP contribution >= 0.6 is 0 Å². The van der Waals surface area contributed by atoms with Gasteiger partial charge in [-0.05, 0) is 26.0 Å². The van der Waals surface area contributed by atoms with Crippen LogP contribution in [0.15, 0.2) is 18.3 Å². The highest BCUT2D eigenvalue weighted by molar-refractivity contribution is 5.92. The number of carboxylic acids is 1. The Kier molecular flexibility index (Phi) is 3.16. The third-order valence-corrected chi connectivity index (χ3v) is 2.86. The van der Waals surface area contributed by atoms with Crippen molar-refractivity contribution in [2.75, 3.05) is 0 Å². The second-order valence-corrected chi connectivity index (χ2v) is 4.22. The van der Waals surface area contributed by atoms with E-state index in [2.05, 4.69) is 10.1 Å². The molecule has 0 bridgehead atoms. The highest BCUT2D eigenvalue weighted by Crippen LogP contribution is 2.17. The first kappa shape index (κ1) is 12.9. The molecule has 2 heterocycles. The number of carbonyl (C=O) groups is 2. The van der Waals surface area contributed by atoms with Crippen LogP contribution in [0.5, 0.6) is 0 Å². The minimum absolute atomic E-state index is 0.119. The summed E-state index contributed by atoms with van der Waals surface area (Å²) in [4.78, 5) is 26.3. The third kappa shape index (κ3) is 2.24. The van der Waals surface area contributed by atoms with Crippen LogP contribution in [0, 0.1) is 13.8 Å². The Morgan fingerprint density at radius 2 is 1.95 bits per heavy atom. The summed E-state index contributed by atoms with van der Waals surface area (Å²) in [6.07, 6.45) is 1.50. The Morgan fingerprint density at radius 1 is 1.26 bits per heavy atom. The van der Waals surface area contributed by atoms with Gasteiger partial charge in [0.1, 0.15) is 11.3 Å². The van der Waals surface area contributed by atoms with E-state index in [9.17, 15) is 9.59 Å². The predicted octanol–water partition coefficient (Wildman–Crippen LogP) is 1.78. The maximum absolute atomic E-state index is 11.1. The molecule has 0 aromatic carbocycles. The van der Waals surface area contributed by atoms with Crippen molar-refractivity contribution in [1.29, 1.82) is 0 Å². The van der Waals surface area contributed by atoms with Gasteiger partial charge in [-0.3, -0.25) is 9.78 Å². The number of ketones is 1. The normalized spacial score (nSPS) is 10.5. The van der Waals surface area contributed by atoms with Crippen LogP contribution in [0.3, 0.4) is 0 Å². The summed E-state index contributed by atoms with van der Waals surface area (Å²) < 4.78 is 1.51. The van der Waals surface area contributed by atoms with E-state index in [1.54, 1.807) is 26.0 Å². The van der Waals surface area contributed by atoms with Gasteiger partial charge in [0, 0.05) is 6.92 Å². The Labute approximate surface area is 109 Å². The number of aromatic carboxylic acids is 1. The summed E-state index contributed by atoms with van der Waals surface area (Å²) in [5.41, 5.74) is 2.15. The van der Waals surface area contributed by atoms with Gasteiger partial charge in [-0.25, -0.2) is 9.48 Å². The van der Waals surface area contributed by atoms with E-state index in [0.29, 0.717) is 22.8 Å². The van der Waals surface area contributed by atoms with Crippen molar-refractivity contribution >= 4 is 11.8 Å². The molecule has 2 aromatic rings. The van der Waals surface area contributed by atoms with Crippen LogP contribution in [0.1, 0.15) is 39.2 Å². The predicted molar refractivity (Wildman–Crippen MR) is 67.8 cm³/mol. The fourth-order valence-electron chi connectivity index (χ4n) is 1.92. The van der Waals surface area contributed by atoms with E-state index < -0.39 is 5.97 Å². The first-order chi connectivity index (χ1) is 8.91. The number of hydrogen-bond donors (Lipinski definition) is 1. The van der Waals surface area contributed by atoms with Gasteiger partial charge in [0.05, 0.1) is 23.3 Å². The molecular weight excluding hydrogens is 246 g/mol. The number of carboxylic acid groups (broad SMARTS) is 1. The lowest BCUT2D eigenvalue weighted by atomic mass is 10.2. The summed E-state index contributed by atoms with van der Waals surface area (Å²) in [5, 5.41) is 13.3. The molecule has 0 amide bonds. The molecule has 2 rings (SSSR count). The van der Waals surface area contributed by atoms with Crippen molar-refractivity contribution in [3.05, 3.63) is 41.0 Å². The van der Waals surface area contributed by atoms with E-state index in [-0.39, 0.29) is 11.3 Å². The average Bonchev–Trinajstić information content (AvgIpc) is 2.65. The van der Waals surface area contributed by atoms with Crippen molar-refractivity contribution in [2.45, 2.75) is 20.8 Å². The van der Waals surface area contributed by atoms with E-state index in [1.165, 1.54) is 17.8 Å². The van der Waals surface area contributed by atoms with Gasteiger partial charge >= 0.3 is 5.97 Å². The van der Waals surface area contributed by atoms with Gasteiger partial charge in [-0.1, -0.05) is 0 Å². The van der Waals surface area contributed by atoms with Gasteiger partial charge < -0.3 is 5.11 Å². The van der Waals surface area contributed by atoms with Crippen molar-refractivity contribution in [3.63, 3.8) is 0 Å². The molecule has 0 atom stereocenters. The summed E-state index contributed by atoms with van der Waals surface area (Å²) in [6, 6.07) is 3.28. The molecule has 6 heteroatoms. The second-order valence-electron chi connectivity index (χ2n) is 4.22. The number of carbonyl (C=O) groups excluding carboxylic acids is 1. The van der Waals surface area contributed by atoms with Crippen LogP contribution in [-0.4, -0.2) is 31.6 Å². The standard InChI is InChI=1S/C13H13N3O3/c1-7-12(13(18)19)8(2)16(15-7)10-4-5-11(9(3)17)14-6-10/h4-6H,1-3H3,(H,18,19). The molecule has 0 radical (unpaired) electrons. The zero-order valence-corrected chi connectivity index (χ0v) is 10.8. The maximum atomic E-state index is 11.1. The fourth-order valence-corrected chi connectivity index (χ4v) is 1.92. The molecule has 98 valence electrons. The molecule has 1 N–H and O–H groups in total. The topological polar surface area (TPSA) is 85.1 Å². The van der Waals surface area contributed by atoms with Crippen LogP contribution in [0.4, 0.5) is 0 Å². The largest absolute Gasteiger partial charge is 0.478 e. The minimum atomic E-state index is -1.01. The first-order valence-electron chi connectivity index (χ1n) is 5.68. The fraction of sp³-hybridized carbons (Fsp3) is 0.231. The zero-order valence-electron chi connectivity index (χ0n) is 10.8. The summed E-state index contributed by atoms with van der Waals surface area (Å²) in [7, 11) is 0. The van der Waals surface area contributed by atoms with Crippen LogP contribution in [-0.2, 0) is 0 Å². The number of hydrogen-bond acceptors (Lipinski definition) is 4. The van der Waals surface area contributed by atoms with Gasteiger partial charge in [-0.2, -0.15) is 5.10 Å². The quantitative estimate of drug-likeness (QED) is 0.849. The molecule has 0 aliphatic rings. The molecular formula is C13H13N3O3. The van der Waals surface area contributed by atoms with Crippen molar-refractivity contribution in [1.82, 2.24) is 14.8 Å². The van der Waals surface area contributed by atoms with E-state index in [4.69, 9.17) is 5.11 Å². The Hall–Kier alpha value is -2.50. The molecule has 2 aromatic heterocycles. The Balaban J connectivity index is 2.51. The maximum Gasteiger partial charge on any atom is 0.339 e. The number of nitrogens with zero attached hydrogens (tertiary/aromatic N) is 3. The molecule has 0 spiro atoms.